The SMILES string of the molecule is CC(C)CN(CC(C)C)c1ccc(CN)cc1C#N. The molecule has 0 radical (unpaired) electrons. The summed E-state index contributed by atoms with van der Waals surface area (Å²) >= 11 is 0. The van der Waals surface area contributed by atoms with Crippen molar-refractivity contribution in [1.82, 2.24) is 0 Å². The van der Waals surface area contributed by atoms with Gasteiger partial charge in [-0.05, 0) is 29.5 Å². The topological polar surface area (TPSA) is 53.0 Å². The van der Waals surface area contributed by atoms with Gasteiger partial charge < -0.3 is 10.6 Å². The Kier molecular flexibility index (Phi) is 5.85. The summed E-state index contributed by atoms with van der Waals surface area (Å²) in [5, 5.41) is 9.34. The molecule has 104 valence electrons. The predicted molar refractivity (Wildman–Crippen MR) is 80.9 cm³/mol. The largest absolute Gasteiger partial charge is 0.370 e. The summed E-state index contributed by atoms with van der Waals surface area (Å²) in [6.07, 6.45) is 0. The molecule has 0 spiro atoms. The third-order valence-corrected chi connectivity index (χ3v) is 2.93. The minimum absolute atomic E-state index is 0.476. The van der Waals surface area contributed by atoms with Gasteiger partial charge in [-0.1, -0.05) is 33.8 Å². The zero-order valence-corrected chi connectivity index (χ0v) is 12.5. The molecule has 0 saturated carbocycles. The summed E-state index contributed by atoms with van der Waals surface area (Å²) in [5.41, 5.74) is 8.40. The Balaban J connectivity index is 3.10. The van der Waals surface area contributed by atoms with E-state index in [9.17, 15) is 5.26 Å². The second kappa shape index (κ2) is 7.16. The molecule has 0 aliphatic rings. The summed E-state index contributed by atoms with van der Waals surface area (Å²) < 4.78 is 0. The predicted octanol–water partition coefficient (Wildman–Crippen LogP) is 3.14. The Morgan fingerprint density at radius 1 is 1.16 bits per heavy atom. The van der Waals surface area contributed by atoms with Gasteiger partial charge in [0, 0.05) is 19.6 Å². The van der Waals surface area contributed by atoms with Crippen molar-refractivity contribution in [3.63, 3.8) is 0 Å². The molecule has 0 atom stereocenters. The van der Waals surface area contributed by atoms with Gasteiger partial charge in [0.1, 0.15) is 6.07 Å². The van der Waals surface area contributed by atoms with Gasteiger partial charge in [0.15, 0.2) is 0 Å². The van der Waals surface area contributed by atoms with Crippen LogP contribution in [0.1, 0.15) is 38.8 Å². The summed E-state index contributed by atoms with van der Waals surface area (Å²) in [4.78, 5) is 2.31. The van der Waals surface area contributed by atoms with E-state index >= 15 is 0 Å². The maximum Gasteiger partial charge on any atom is 0.101 e. The number of nitriles is 1. The van der Waals surface area contributed by atoms with Crippen LogP contribution in [0.3, 0.4) is 0 Å². The van der Waals surface area contributed by atoms with Crippen molar-refractivity contribution in [1.29, 1.82) is 5.26 Å². The van der Waals surface area contributed by atoms with Gasteiger partial charge in [0.25, 0.3) is 0 Å². The van der Waals surface area contributed by atoms with E-state index in [0.29, 0.717) is 18.4 Å². The minimum Gasteiger partial charge on any atom is -0.370 e. The lowest BCUT2D eigenvalue weighted by atomic mass is 10.1. The molecule has 0 aromatic heterocycles. The summed E-state index contributed by atoms with van der Waals surface area (Å²) in [5.74, 6) is 1.14. The molecule has 0 unspecified atom stereocenters. The summed E-state index contributed by atoms with van der Waals surface area (Å²) in [6, 6.07) is 8.26. The first-order valence-electron chi connectivity index (χ1n) is 6.96. The average Bonchev–Trinajstić information content (AvgIpc) is 2.36. The van der Waals surface area contributed by atoms with Crippen LogP contribution in [0.15, 0.2) is 18.2 Å². The van der Waals surface area contributed by atoms with Gasteiger partial charge >= 0.3 is 0 Å². The van der Waals surface area contributed by atoms with Gasteiger partial charge in [-0.15, -0.1) is 0 Å². The Hall–Kier alpha value is -1.53. The van der Waals surface area contributed by atoms with Crippen molar-refractivity contribution >= 4 is 5.69 Å². The highest BCUT2D eigenvalue weighted by Gasteiger charge is 2.14. The first kappa shape index (κ1) is 15.5. The lowest BCUT2D eigenvalue weighted by molar-refractivity contribution is 0.552. The first-order chi connectivity index (χ1) is 8.97. The molecular weight excluding hydrogens is 234 g/mol. The average molecular weight is 259 g/mol. The fraction of sp³-hybridized carbons (Fsp3) is 0.562. The van der Waals surface area contributed by atoms with E-state index in [1.54, 1.807) is 0 Å². The lowest BCUT2D eigenvalue weighted by Gasteiger charge is -2.29. The highest BCUT2D eigenvalue weighted by Crippen LogP contribution is 2.23. The van der Waals surface area contributed by atoms with Gasteiger partial charge in [-0.25, -0.2) is 0 Å². The van der Waals surface area contributed by atoms with Crippen molar-refractivity contribution in [2.24, 2.45) is 17.6 Å². The van der Waals surface area contributed by atoms with Crippen LogP contribution in [0.2, 0.25) is 0 Å². The number of hydrogen-bond donors (Lipinski definition) is 1. The number of rotatable bonds is 6. The van der Waals surface area contributed by atoms with Crippen molar-refractivity contribution < 1.29 is 0 Å². The van der Waals surface area contributed by atoms with E-state index in [4.69, 9.17) is 5.73 Å². The van der Waals surface area contributed by atoms with E-state index in [-0.39, 0.29) is 0 Å². The van der Waals surface area contributed by atoms with Crippen LogP contribution in [-0.4, -0.2) is 13.1 Å². The summed E-state index contributed by atoms with van der Waals surface area (Å²) in [7, 11) is 0. The third-order valence-electron chi connectivity index (χ3n) is 2.93. The number of hydrogen-bond acceptors (Lipinski definition) is 3. The highest BCUT2D eigenvalue weighted by atomic mass is 15.1. The molecule has 3 heteroatoms. The molecule has 0 aliphatic carbocycles. The fourth-order valence-electron chi connectivity index (χ4n) is 2.23. The van der Waals surface area contributed by atoms with E-state index in [1.165, 1.54) is 0 Å². The van der Waals surface area contributed by atoms with Crippen LogP contribution in [0.25, 0.3) is 0 Å². The molecule has 2 N–H and O–H groups in total. The van der Waals surface area contributed by atoms with Crippen molar-refractivity contribution in [2.45, 2.75) is 34.2 Å². The second-order valence-corrected chi connectivity index (χ2v) is 5.86. The lowest BCUT2D eigenvalue weighted by Crippen LogP contribution is -2.32. The smallest absolute Gasteiger partial charge is 0.101 e. The number of anilines is 1. The Morgan fingerprint density at radius 2 is 1.74 bits per heavy atom. The van der Waals surface area contributed by atoms with E-state index in [1.807, 2.05) is 18.2 Å². The third kappa shape index (κ3) is 4.57. The van der Waals surface area contributed by atoms with Gasteiger partial charge in [0.05, 0.1) is 11.3 Å². The zero-order chi connectivity index (χ0) is 14.4. The molecule has 1 aromatic carbocycles. The van der Waals surface area contributed by atoms with E-state index < -0.39 is 0 Å². The van der Waals surface area contributed by atoms with Crippen LogP contribution in [0.5, 0.6) is 0 Å². The van der Waals surface area contributed by atoms with Gasteiger partial charge in [0.2, 0.25) is 0 Å². The quantitative estimate of drug-likeness (QED) is 0.854. The maximum absolute atomic E-state index is 9.34. The molecule has 1 aromatic rings. The van der Waals surface area contributed by atoms with Crippen LogP contribution in [0.4, 0.5) is 5.69 Å². The molecule has 0 bridgehead atoms. The Morgan fingerprint density at radius 3 is 2.16 bits per heavy atom. The highest BCUT2D eigenvalue weighted by molar-refractivity contribution is 5.60. The van der Waals surface area contributed by atoms with Crippen molar-refractivity contribution in [2.75, 3.05) is 18.0 Å². The minimum atomic E-state index is 0.476. The Bertz CT molecular complexity index is 434. The first-order valence-corrected chi connectivity index (χ1v) is 6.96. The van der Waals surface area contributed by atoms with E-state index in [0.717, 1.165) is 29.9 Å². The number of nitrogens with zero attached hydrogens (tertiary/aromatic N) is 2. The van der Waals surface area contributed by atoms with Crippen LogP contribution >= 0.6 is 0 Å². The van der Waals surface area contributed by atoms with Crippen molar-refractivity contribution in [3.05, 3.63) is 29.3 Å². The van der Waals surface area contributed by atoms with Crippen LogP contribution in [0, 0.1) is 23.2 Å². The molecule has 3 nitrogen and oxygen atoms in total. The van der Waals surface area contributed by atoms with Gasteiger partial charge in [-0.3, -0.25) is 0 Å². The van der Waals surface area contributed by atoms with Crippen LogP contribution in [-0.2, 0) is 6.54 Å². The number of nitrogens with two attached hydrogens (primary N) is 1. The number of benzene rings is 1. The Labute approximate surface area is 117 Å². The molecule has 0 fully saturated rings. The molecular formula is C16H25N3. The normalized spacial score (nSPS) is 10.8. The summed E-state index contributed by atoms with van der Waals surface area (Å²) in [6.45, 7) is 11.2. The van der Waals surface area contributed by atoms with Crippen molar-refractivity contribution in [3.8, 4) is 6.07 Å². The van der Waals surface area contributed by atoms with E-state index in [2.05, 4.69) is 38.7 Å². The molecule has 1 rings (SSSR count). The monoisotopic (exact) mass is 259 g/mol. The van der Waals surface area contributed by atoms with Crippen LogP contribution < -0.4 is 10.6 Å². The van der Waals surface area contributed by atoms with Gasteiger partial charge in [-0.2, -0.15) is 5.26 Å². The second-order valence-electron chi connectivity index (χ2n) is 5.86. The fourth-order valence-corrected chi connectivity index (χ4v) is 2.23. The maximum atomic E-state index is 9.34. The molecule has 0 amide bonds. The zero-order valence-electron chi connectivity index (χ0n) is 12.5. The molecule has 19 heavy (non-hydrogen) atoms. The molecule has 0 saturated heterocycles. The molecule has 0 heterocycles. The molecule has 0 aliphatic heterocycles. The standard InChI is InChI=1S/C16H25N3/c1-12(2)10-19(11-13(3)4)16-6-5-14(8-17)7-15(16)9-18/h5-7,12-13H,8,10-11,17H2,1-4H3.